The normalized spacial score (nSPS) is 11.2. The van der Waals surface area contributed by atoms with Crippen molar-refractivity contribution in [2.45, 2.75) is 25.4 Å². The van der Waals surface area contributed by atoms with E-state index in [-0.39, 0.29) is 0 Å². The predicted octanol–water partition coefficient (Wildman–Crippen LogP) is 4.67. The SMILES string of the molecule is CC(C)CSc1nnc(Cc2cccs2)n1-c1ccccc1. The maximum absolute atomic E-state index is 4.44. The zero-order chi connectivity index (χ0) is 15.4. The van der Waals surface area contributed by atoms with Crippen LogP contribution in [0.25, 0.3) is 5.69 Å². The van der Waals surface area contributed by atoms with E-state index in [4.69, 9.17) is 0 Å². The summed E-state index contributed by atoms with van der Waals surface area (Å²) in [4.78, 5) is 1.31. The molecule has 0 unspecified atom stereocenters. The van der Waals surface area contributed by atoms with Gasteiger partial charge >= 0.3 is 0 Å². The molecular formula is C17H19N3S2. The molecule has 0 aliphatic heterocycles. The minimum absolute atomic E-state index is 0.631. The first-order valence-corrected chi connectivity index (χ1v) is 9.25. The molecule has 0 bridgehead atoms. The molecule has 5 heteroatoms. The van der Waals surface area contributed by atoms with Crippen LogP contribution in [0.15, 0.2) is 53.0 Å². The first-order valence-electron chi connectivity index (χ1n) is 7.39. The van der Waals surface area contributed by atoms with Crippen molar-refractivity contribution >= 4 is 23.1 Å². The first kappa shape index (κ1) is 15.3. The van der Waals surface area contributed by atoms with Crippen molar-refractivity contribution in [1.29, 1.82) is 0 Å². The van der Waals surface area contributed by atoms with Crippen molar-refractivity contribution in [3.63, 3.8) is 0 Å². The van der Waals surface area contributed by atoms with Crippen molar-refractivity contribution < 1.29 is 0 Å². The Morgan fingerprint density at radius 3 is 2.59 bits per heavy atom. The van der Waals surface area contributed by atoms with Crippen LogP contribution in [-0.4, -0.2) is 20.5 Å². The lowest BCUT2D eigenvalue weighted by Gasteiger charge is -2.10. The van der Waals surface area contributed by atoms with E-state index in [0.717, 1.165) is 28.8 Å². The highest BCUT2D eigenvalue weighted by molar-refractivity contribution is 7.99. The summed E-state index contributed by atoms with van der Waals surface area (Å²) in [5.41, 5.74) is 1.13. The molecule has 22 heavy (non-hydrogen) atoms. The van der Waals surface area contributed by atoms with Crippen LogP contribution in [0.3, 0.4) is 0 Å². The molecule has 2 aromatic heterocycles. The lowest BCUT2D eigenvalue weighted by molar-refractivity contribution is 0.745. The molecule has 3 nitrogen and oxygen atoms in total. The van der Waals surface area contributed by atoms with Crippen LogP contribution in [0.1, 0.15) is 24.5 Å². The zero-order valence-corrected chi connectivity index (χ0v) is 14.4. The van der Waals surface area contributed by atoms with Gasteiger partial charge in [0.2, 0.25) is 0 Å². The minimum Gasteiger partial charge on any atom is -0.274 e. The van der Waals surface area contributed by atoms with Crippen molar-refractivity contribution in [2.75, 3.05) is 5.75 Å². The fraction of sp³-hybridized carbons (Fsp3) is 0.294. The third-order valence-electron chi connectivity index (χ3n) is 3.17. The molecule has 0 saturated carbocycles. The lowest BCUT2D eigenvalue weighted by atomic mass is 10.3. The topological polar surface area (TPSA) is 30.7 Å². The van der Waals surface area contributed by atoms with Crippen LogP contribution in [0, 0.1) is 5.92 Å². The summed E-state index contributed by atoms with van der Waals surface area (Å²) in [7, 11) is 0. The van der Waals surface area contributed by atoms with Crippen LogP contribution >= 0.6 is 23.1 Å². The smallest absolute Gasteiger partial charge is 0.195 e. The van der Waals surface area contributed by atoms with Gasteiger partial charge in [-0.25, -0.2) is 0 Å². The van der Waals surface area contributed by atoms with Gasteiger partial charge in [0.25, 0.3) is 0 Å². The minimum atomic E-state index is 0.631. The van der Waals surface area contributed by atoms with Gasteiger partial charge in [0.1, 0.15) is 5.82 Å². The van der Waals surface area contributed by atoms with Crippen LogP contribution < -0.4 is 0 Å². The van der Waals surface area contributed by atoms with Gasteiger partial charge in [0.15, 0.2) is 5.16 Å². The Hall–Kier alpha value is -1.59. The molecule has 3 aromatic rings. The predicted molar refractivity (Wildman–Crippen MR) is 94.0 cm³/mol. The number of hydrogen-bond donors (Lipinski definition) is 0. The first-order chi connectivity index (χ1) is 10.7. The lowest BCUT2D eigenvalue weighted by Crippen LogP contribution is -2.04. The van der Waals surface area contributed by atoms with E-state index in [1.165, 1.54) is 4.88 Å². The molecule has 0 saturated heterocycles. The van der Waals surface area contributed by atoms with Crippen LogP contribution in [0.4, 0.5) is 0 Å². The van der Waals surface area contributed by atoms with Crippen molar-refractivity contribution in [2.24, 2.45) is 5.92 Å². The second-order valence-electron chi connectivity index (χ2n) is 5.53. The van der Waals surface area contributed by atoms with E-state index in [1.807, 2.05) is 6.07 Å². The second kappa shape index (κ2) is 7.11. The maximum Gasteiger partial charge on any atom is 0.195 e. The number of thiophene rings is 1. The molecular weight excluding hydrogens is 310 g/mol. The van der Waals surface area contributed by atoms with Gasteiger partial charge in [-0.3, -0.25) is 4.57 Å². The molecule has 0 aliphatic carbocycles. The summed E-state index contributed by atoms with van der Waals surface area (Å²) in [5, 5.41) is 12.0. The monoisotopic (exact) mass is 329 g/mol. The summed E-state index contributed by atoms with van der Waals surface area (Å²) < 4.78 is 2.19. The Bertz CT molecular complexity index is 703. The van der Waals surface area contributed by atoms with Gasteiger partial charge in [-0.2, -0.15) is 0 Å². The van der Waals surface area contributed by atoms with Crippen molar-refractivity contribution in [3.8, 4) is 5.69 Å². The quantitative estimate of drug-likeness (QED) is 0.616. The van der Waals surface area contributed by atoms with Gasteiger partial charge in [-0.1, -0.05) is 49.9 Å². The van der Waals surface area contributed by atoms with Gasteiger partial charge in [0, 0.05) is 22.7 Å². The molecule has 2 heterocycles. The average molecular weight is 329 g/mol. The van der Waals surface area contributed by atoms with E-state index in [2.05, 4.69) is 70.4 Å². The summed E-state index contributed by atoms with van der Waals surface area (Å²) >= 11 is 3.54. The molecule has 0 spiro atoms. The van der Waals surface area contributed by atoms with E-state index >= 15 is 0 Å². The van der Waals surface area contributed by atoms with Gasteiger partial charge in [-0.15, -0.1) is 21.5 Å². The maximum atomic E-state index is 4.44. The number of rotatable bonds is 6. The van der Waals surface area contributed by atoms with Crippen LogP contribution in [0.5, 0.6) is 0 Å². The highest BCUT2D eigenvalue weighted by Crippen LogP contribution is 2.25. The summed E-state index contributed by atoms with van der Waals surface area (Å²) in [6, 6.07) is 14.6. The molecule has 0 aliphatic rings. The molecule has 0 radical (unpaired) electrons. The zero-order valence-electron chi connectivity index (χ0n) is 12.8. The fourth-order valence-electron chi connectivity index (χ4n) is 2.15. The van der Waals surface area contributed by atoms with E-state index in [9.17, 15) is 0 Å². The number of benzene rings is 1. The Kier molecular flexibility index (Phi) is 4.95. The van der Waals surface area contributed by atoms with Crippen LogP contribution in [0.2, 0.25) is 0 Å². The summed E-state index contributed by atoms with van der Waals surface area (Å²) in [6.45, 7) is 4.45. The Labute approximate surface area is 139 Å². The molecule has 0 atom stereocenters. The number of hydrogen-bond acceptors (Lipinski definition) is 4. The van der Waals surface area contributed by atoms with Crippen molar-refractivity contribution in [3.05, 3.63) is 58.5 Å². The molecule has 114 valence electrons. The molecule has 1 aromatic carbocycles. The highest BCUT2D eigenvalue weighted by atomic mass is 32.2. The van der Waals surface area contributed by atoms with Gasteiger partial charge < -0.3 is 0 Å². The van der Waals surface area contributed by atoms with E-state index < -0.39 is 0 Å². The second-order valence-corrected chi connectivity index (χ2v) is 7.55. The molecule has 3 rings (SSSR count). The number of thioether (sulfide) groups is 1. The largest absolute Gasteiger partial charge is 0.274 e. The third kappa shape index (κ3) is 3.59. The highest BCUT2D eigenvalue weighted by Gasteiger charge is 2.15. The number of para-hydroxylation sites is 1. The number of nitrogens with zero attached hydrogens (tertiary/aromatic N) is 3. The third-order valence-corrected chi connectivity index (χ3v) is 5.41. The van der Waals surface area contributed by atoms with E-state index in [0.29, 0.717) is 5.92 Å². The fourth-order valence-corrected chi connectivity index (χ4v) is 3.78. The Balaban J connectivity index is 1.95. The molecule has 0 fully saturated rings. The average Bonchev–Trinajstić information content (AvgIpc) is 3.16. The van der Waals surface area contributed by atoms with E-state index in [1.54, 1.807) is 23.1 Å². The number of aromatic nitrogens is 3. The molecule has 0 N–H and O–H groups in total. The van der Waals surface area contributed by atoms with Crippen molar-refractivity contribution in [1.82, 2.24) is 14.8 Å². The Morgan fingerprint density at radius 1 is 1.09 bits per heavy atom. The molecule has 0 amide bonds. The Morgan fingerprint density at radius 2 is 1.91 bits per heavy atom. The standard InChI is InChI=1S/C17H19N3S2/c1-13(2)12-22-17-19-18-16(11-15-9-6-10-21-15)20(17)14-7-4-3-5-8-14/h3-10,13H,11-12H2,1-2H3. The van der Waals surface area contributed by atoms with Gasteiger partial charge in [0.05, 0.1) is 0 Å². The summed E-state index contributed by atoms with van der Waals surface area (Å²) in [5.74, 6) is 2.68. The van der Waals surface area contributed by atoms with Crippen LogP contribution in [-0.2, 0) is 6.42 Å². The summed E-state index contributed by atoms with van der Waals surface area (Å²) in [6.07, 6.45) is 0.821. The van der Waals surface area contributed by atoms with Gasteiger partial charge in [-0.05, 0) is 29.5 Å².